The lowest BCUT2D eigenvalue weighted by molar-refractivity contribution is -0.137. The summed E-state index contributed by atoms with van der Waals surface area (Å²) in [7, 11) is 0. The van der Waals surface area contributed by atoms with Gasteiger partial charge in [-0.15, -0.1) is 0 Å². The molecule has 4 aromatic carbocycles. The Kier molecular flexibility index (Phi) is 6.99. The van der Waals surface area contributed by atoms with Gasteiger partial charge in [0.05, 0.1) is 27.9 Å². The van der Waals surface area contributed by atoms with Crippen molar-refractivity contribution in [2.45, 2.75) is 12.3 Å². The third-order valence-electron chi connectivity index (χ3n) is 6.25. The Morgan fingerprint density at radius 2 is 1.43 bits per heavy atom. The first kappa shape index (κ1) is 26.8. The largest absolute Gasteiger partial charge is 0.445 e. The molecule has 1 aliphatic heterocycles. The molecule has 0 spiro atoms. The van der Waals surface area contributed by atoms with E-state index in [9.17, 15) is 32.3 Å². The second-order valence-electron chi connectivity index (χ2n) is 8.82. The van der Waals surface area contributed by atoms with Crippen LogP contribution in [-0.2, 0) is 10.9 Å². The van der Waals surface area contributed by atoms with Gasteiger partial charge in [0.1, 0.15) is 0 Å². The minimum atomic E-state index is -4.68. The Hall–Kier alpha value is -4.76. The lowest BCUT2D eigenvalue weighted by atomic mass is 9.99. The number of Topliss-reactive ketones (excluding diaryl/α,β-unsaturated/α-hetero) is 1. The number of benzene rings is 4. The molecule has 10 heteroatoms. The molecule has 0 aromatic heterocycles. The molecule has 0 aliphatic carbocycles. The van der Waals surface area contributed by atoms with Crippen LogP contribution in [0.2, 0.25) is 5.02 Å². The van der Waals surface area contributed by atoms with Crippen molar-refractivity contribution in [1.29, 1.82) is 0 Å². The van der Waals surface area contributed by atoms with Gasteiger partial charge in [-0.05, 0) is 48.5 Å². The number of nitrogens with zero attached hydrogens (tertiary/aromatic N) is 1. The van der Waals surface area contributed by atoms with Crippen molar-refractivity contribution in [2.24, 2.45) is 0 Å². The average Bonchev–Trinajstić information content (AvgIpc) is 3.20. The molecule has 0 saturated carbocycles. The van der Waals surface area contributed by atoms with Crippen molar-refractivity contribution in [3.63, 3.8) is 0 Å². The minimum absolute atomic E-state index is 0.0893. The number of alkyl halides is 3. The molecule has 2 amide bonds. The summed E-state index contributed by atoms with van der Waals surface area (Å²) in [5.74, 6) is -3.19. The molecule has 0 unspecified atom stereocenters. The smallest absolute Gasteiger partial charge is 0.416 e. The van der Waals surface area contributed by atoms with Crippen molar-refractivity contribution >= 4 is 40.9 Å². The van der Waals surface area contributed by atoms with E-state index < -0.39 is 41.4 Å². The highest BCUT2D eigenvalue weighted by atomic mass is 35.5. The van der Waals surface area contributed by atoms with Crippen LogP contribution in [0.15, 0.2) is 97.1 Å². The van der Waals surface area contributed by atoms with Gasteiger partial charge in [0, 0.05) is 16.1 Å². The zero-order valence-electron chi connectivity index (χ0n) is 20.3. The Morgan fingerprint density at radius 3 is 2.10 bits per heavy atom. The second kappa shape index (κ2) is 10.4. The van der Waals surface area contributed by atoms with Crippen molar-refractivity contribution in [2.75, 3.05) is 4.90 Å². The van der Waals surface area contributed by atoms with Crippen LogP contribution >= 0.6 is 11.6 Å². The molecule has 1 aliphatic rings. The van der Waals surface area contributed by atoms with E-state index in [4.69, 9.17) is 16.3 Å². The van der Waals surface area contributed by atoms with Crippen molar-refractivity contribution in [3.8, 4) is 0 Å². The number of imide groups is 1. The van der Waals surface area contributed by atoms with Crippen LogP contribution in [0.3, 0.4) is 0 Å². The van der Waals surface area contributed by atoms with Crippen LogP contribution in [0.4, 0.5) is 18.9 Å². The fraction of sp³-hybridized carbons (Fsp3) is 0.0667. The van der Waals surface area contributed by atoms with Gasteiger partial charge in [0.25, 0.3) is 11.8 Å². The number of anilines is 1. The number of carbonyl (C=O) groups excluding carboxylic acids is 4. The normalized spacial score (nSPS) is 13.7. The molecule has 40 heavy (non-hydrogen) atoms. The van der Waals surface area contributed by atoms with E-state index in [1.807, 2.05) is 0 Å². The SMILES string of the molecule is O=C(O[C@H](C(=O)c1ccccc1)c1ccc(Cl)cc1)c1ccc2c(c1)C(=O)N(c1cccc(C(F)(F)F)c1)C2=O. The van der Waals surface area contributed by atoms with E-state index in [0.29, 0.717) is 27.1 Å². The molecule has 0 N–H and O–H groups in total. The first-order chi connectivity index (χ1) is 19.0. The maximum absolute atomic E-state index is 13.3. The summed E-state index contributed by atoms with van der Waals surface area (Å²) in [5, 5.41) is 0.410. The first-order valence-electron chi connectivity index (χ1n) is 11.8. The van der Waals surface area contributed by atoms with Gasteiger partial charge in [-0.1, -0.05) is 60.1 Å². The number of carbonyl (C=O) groups is 4. The van der Waals surface area contributed by atoms with Gasteiger partial charge in [0.2, 0.25) is 5.78 Å². The maximum Gasteiger partial charge on any atom is 0.416 e. The van der Waals surface area contributed by atoms with Crippen LogP contribution in [0.5, 0.6) is 0 Å². The first-order valence-corrected chi connectivity index (χ1v) is 12.2. The topological polar surface area (TPSA) is 80.8 Å². The van der Waals surface area contributed by atoms with Crippen LogP contribution < -0.4 is 4.90 Å². The number of fused-ring (bicyclic) bond motifs is 1. The predicted octanol–water partition coefficient (Wildman–Crippen LogP) is 6.94. The minimum Gasteiger partial charge on any atom is -0.445 e. The van der Waals surface area contributed by atoms with E-state index in [2.05, 4.69) is 0 Å². The molecule has 1 atom stereocenters. The lowest BCUT2D eigenvalue weighted by Crippen LogP contribution is -2.29. The number of ketones is 1. The molecular weight excluding hydrogens is 547 g/mol. The third-order valence-corrected chi connectivity index (χ3v) is 6.50. The quantitative estimate of drug-likeness (QED) is 0.144. The van der Waals surface area contributed by atoms with Gasteiger partial charge in [-0.2, -0.15) is 13.2 Å². The molecular formula is C30H17ClF3NO5. The van der Waals surface area contributed by atoms with Gasteiger partial charge in [0.15, 0.2) is 6.10 Å². The summed E-state index contributed by atoms with van der Waals surface area (Å²) in [6.07, 6.45) is -6.02. The zero-order valence-corrected chi connectivity index (χ0v) is 21.1. The van der Waals surface area contributed by atoms with E-state index in [1.54, 1.807) is 42.5 Å². The monoisotopic (exact) mass is 563 g/mol. The van der Waals surface area contributed by atoms with Gasteiger partial charge in [-0.3, -0.25) is 14.4 Å². The highest BCUT2D eigenvalue weighted by molar-refractivity contribution is 6.34. The molecule has 0 saturated heterocycles. The van der Waals surface area contributed by atoms with Gasteiger partial charge < -0.3 is 4.74 Å². The molecule has 4 aromatic rings. The predicted molar refractivity (Wildman–Crippen MR) is 139 cm³/mol. The summed E-state index contributed by atoms with van der Waals surface area (Å²) in [6, 6.07) is 21.7. The van der Waals surface area contributed by atoms with Crippen molar-refractivity contribution < 1.29 is 37.1 Å². The molecule has 6 nitrogen and oxygen atoms in total. The summed E-state index contributed by atoms with van der Waals surface area (Å²) < 4.78 is 45.2. The summed E-state index contributed by atoms with van der Waals surface area (Å²) in [5.41, 5.74) is -1.05. The van der Waals surface area contributed by atoms with Crippen molar-refractivity contribution in [1.82, 2.24) is 0 Å². The molecule has 5 rings (SSSR count). The Morgan fingerprint density at radius 1 is 0.750 bits per heavy atom. The lowest BCUT2D eigenvalue weighted by Gasteiger charge is -2.18. The molecule has 0 fully saturated rings. The van der Waals surface area contributed by atoms with Gasteiger partial charge in [-0.25, -0.2) is 9.69 Å². The number of hydrogen-bond donors (Lipinski definition) is 0. The number of amides is 2. The fourth-order valence-corrected chi connectivity index (χ4v) is 4.39. The number of ether oxygens (including phenoxy) is 1. The molecule has 1 heterocycles. The summed E-state index contributed by atoms with van der Waals surface area (Å²) in [4.78, 5) is 53.1. The molecule has 0 bridgehead atoms. The average molecular weight is 564 g/mol. The number of hydrogen-bond acceptors (Lipinski definition) is 5. The Balaban J connectivity index is 1.45. The van der Waals surface area contributed by atoms with Crippen LogP contribution in [0.1, 0.15) is 58.7 Å². The Bertz CT molecular complexity index is 1650. The fourth-order valence-electron chi connectivity index (χ4n) is 4.26. The summed E-state index contributed by atoms with van der Waals surface area (Å²) in [6.45, 7) is 0. The second-order valence-corrected chi connectivity index (χ2v) is 9.26. The number of rotatable bonds is 6. The van der Waals surface area contributed by atoms with Gasteiger partial charge >= 0.3 is 12.1 Å². The third kappa shape index (κ3) is 5.11. The highest BCUT2D eigenvalue weighted by Crippen LogP contribution is 2.35. The molecule has 0 radical (unpaired) electrons. The Labute approximate surface area is 230 Å². The highest BCUT2D eigenvalue weighted by Gasteiger charge is 2.39. The van der Waals surface area contributed by atoms with Crippen LogP contribution in [0, 0.1) is 0 Å². The van der Waals surface area contributed by atoms with E-state index in [0.717, 1.165) is 18.2 Å². The number of esters is 1. The van der Waals surface area contributed by atoms with E-state index in [1.165, 1.54) is 30.3 Å². The standard InChI is InChI=1S/C30H17ClF3NO5/c31-21-12-9-18(10-13-21)26(25(36)17-5-2-1-3-6-17)40-29(39)19-11-14-23-24(15-19)28(38)35(27(23)37)22-8-4-7-20(16-22)30(32,33)34/h1-16,26H/t26-/m0/s1. The maximum atomic E-state index is 13.3. The van der Waals surface area contributed by atoms with E-state index in [-0.39, 0.29) is 22.4 Å². The van der Waals surface area contributed by atoms with Crippen molar-refractivity contribution in [3.05, 3.63) is 135 Å². The van der Waals surface area contributed by atoms with E-state index >= 15 is 0 Å². The zero-order chi connectivity index (χ0) is 28.6. The summed E-state index contributed by atoms with van der Waals surface area (Å²) >= 11 is 5.97. The number of halogens is 4. The van der Waals surface area contributed by atoms with Crippen LogP contribution in [-0.4, -0.2) is 23.6 Å². The van der Waals surface area contributed by atoms with Crippen LogP contribution in [0.25, 0.3) is 0 Å². The molecule has 200 valence electrons.